The normalized spacial score (nSPS) is 11.1. The fourth-order valence-electron chi connectivity index (χ4n) is 2.66. The van der Waals surface area contributed by atoms with E-state index in [2.05, 4.69) is 10.0 Å². The molecule has 0 aromatic heterocycles. The van der Waals surface area contributed by atoms with Gasteiger partial charge in [0.15, 0.2) is 0 Å². The number of anilines is 2. The maximum absolute atomic E-state index is 12.7. The molecule has 0 bridgehead atoms. The van der Waals surface area contributed by atoms with Crippen LogP contribution in [0.4, 0.5) is 11.4 Å². The fourth-order valence-corrected chi connectivity index (χ4v) is 3.93. The molecule has 3 aromatic carbocycles. The lowest BCUT2D eigenvalue weighted by molar-refractivity contribution is 0.102. The van der Waals surface area contributed by atoms with E-state index < -0.39 is 15.9 Å². The van der Waals surface area contributed by atoms with Crippen molar-refractivity contribution in [1.82, 2.24) is 0 Å². The smallest absolute Gasteiger partial charge is 0.261 e. The number of rotatable bonds is 5. The number of aryl methyl sites for hydroxylation is 1. The van der Waals surface area contributed by atoms with Crippen LogP contribution < -0.4 is 10.0 Å². The number of hydrogen-bond acceptors (Lipinski definition) is 3. The van der Waals surface area contributed by atoms with E-state index in [1.54, 1.807) is 49.4 Å². The van der Waals surface area contributed by atoms with Crippen LogP contribution >= 0.6 is 11.6 Å². The van der Waals surface area contributed by atoms with Gasteiger partial charge in [-0.25, -0.2) is 8.42 Å². The number of hydrogen-bond donors (Lipinski definition) is 2. The van der Waals surface area contributed by atoms with Gasteiger partial charge in [-0.15, -0.1) is 0 Å². The lowest BCUT2D eigenvalue weighted by atomic mass is 10.1. The SMILES string of the molecule is Cc1cccc(NS(=O)(=O)c2cccc(C(=O)Nc3cccc(Cl)c3C)c2)c1. The summed E-state index contributed by atoms with van der Waals surface area (Å²) in [5.41, 5.74) is 2.94. The third-order valence-electron chi connectivity index (χ3n) is 4.19. The van der Waals surface area contributed by atoms with E-state index >= 15 is 0 Å². The van der Waals surface area contributed by atoms with Crippen LogP contribution in [0.3, 0.4) is 0 Å². The summed E-state index contributed by atoms with van der Waals surface area (Å²) in [4.78, 5) is 12.6. The number of carbonyl (C=O) groups is 1. The molecule has 0 unspecified atom stereocenters. The lowest BCUT2D eigenvalue weighted by Gasteiger charge is -2.11. The molecule has 0 saturated heterocycles. The minimum atomic E-state index is -3.82. The van der Waals surface area contributed by atoms with Crippen LogP contribution in [0.15, 0.2) is 71.6 Å². The maximum atomic E-state index is 12.7. The number of nitrogens with one attached hydrogen (secondary N) is 2. The summed E-state index contributed by atoms with van der Waals surface area (Å²) in [6.07, 6.45) is 0. The topological polar surface area (TPSA) is 75.3 Å². The molecule has 0 heterocycles. The molecule has 5 nitrogen and oxygen atoms in total. The first-order chi connectivity index (χ1) is 13.3. The van der Waals surface area contributed by atoms with Crippen molar-refractivity contribution in [3.8, 4) is 0 Å². The Labute approximate surface area is 169 Å². The minimum Gasteiger partial charge on any atom is -0.322 e. The van der Waals surface area contributed by atoms with Gasteiger partial charge in [-0.05, 0) is 67.4 Å². The van der Waals surface area contributed by atoms with Crippen LogP contribution in [0.1, 0.15) is 21.5 Å². The summed E-state index contributed by atoms with van der Waals surface area (Å²) in [5.74, 6) is -0.419. The van der Waals surface area contributed by atoms with E-state index in [0.29, 0.717) is 16.4 Å². The van der Waals surface area contributed by atoms with E-state index in [4.69, 9.17) is 11.6 Å². The van der Waals surface area contributed by atoms with Gasteiger partial charge >= 0.3 is 0 Å². The summed E-state index contributed by atoms with van der Waals surface area (Å²) in [5, 5.41) is 3.30. The largest absolute Gasteiger partial charge is 0.322 e. The number of halogens is 1. The molecule has 3 rings (SSSR count). The monoisotopic (exact) mass is 414 g/mol. The molecule has 0 spiro atoms. The van der Waals surface area contributed by atoms with Crippen molar-refractivity contribution < 1.29 is 13.2 Å². The molecule has 0 aliphatic heterocycles. The molecule has 0 radical (unpaired) electrons. The lowest BCUT2D eigenvalue weighted by Crippen LogP contribution is -2.16. The molecular weight excluding hydrogens is 396 g/mol. The molecule has 1 amide bonds. The van der Waals surface area contributed by atoms with Gasteiger partial charge in [-0.3, -0.25) is 9.52 Å². The van der Waals surface area contributed by atoms with Crippen LogP contribution in [0.5, 0.6) is 0 Å². The quantitative estimate of drug-likeness (QED) is 0.616. The molecule has 2 N–H and O–H groups in total. The number of amides is 1. The third-order valence-corrected chi connectivity index (χ3v) is 5.98. The van der Waals surface area contributed by atoms with Crippen molar-refractivity contribution >= 4 is 38.9 Å². The first-order valence-corrected chi connectivity index (χ1v) is 10.4. The highest BCUT2D eigenvalue weighted by atomic mass is 35.5. The van der Waals surface area contributed by atoms with Crippen molar-refractivity contribution in [2.24, 2.45) is 0 Å². The zero-order chi connectivity index (χ0) is 20.3. The van der Waals surface area contributed by atoms with Gasteiger partial charge in [0.2, 0.25) is 0 Å². The predicted octanol–water partition coefficient (Wildman–Crippen LogP) is 5.01. The number of benzene rings is 3. The second-order valence-corrected chi connectivity index (χ2v) is 8.46. The highest BCUT2D eigenvalue weighted by Crippen LogP contribution is 2.24. The Morgan fingerprint density at radius 1 is 0.929 bits per heavy atom. The Balaban J connectivity index is 1.85. The Morgan fingerprint density at radius 2 is 1.64 bits per heavy atom. The summed E-state index contributed by atoms with van der Waals surface area (Å²) >= 11 is 6.08. The average Bonchev–Trinajstić information content (AvgIpc) is 2.65. The molecule has 3 aromatic rings. The Bertz CT molecular complexity index is 1140. The van der Waals surface area contributed by atoms with Crippen molar-refractivity contribution in [3.05, 3.63) is 88.4 Å². The van der Waals surface area contributed by atoms with E-state index in [-0.39, 0.29) is 10.5 Å². The van der Waals surface area contributed by atoms with E-state index in [0.717, 1.165) is 11.1 Å². The zero-order valence-electron chi connectivity index (χ0n) is 15.4. The van der Waals surface area contributed by atoms with Crippen LogP contribution in [0, 0.1) is 13.8 Å². The molecule has 28 heavy (non-hydrogen) atoms. The van der Waals surface area contributed by atoms with Gasteiger partial charge in [-0.2, -0.15) is 0 Å². The summed E-state index contributed by atoms with van der Waals surface area (Å²) in [7, 11) is -3.82. The van der Waals surface area contributed by atoms with Crippen molar-refractivity contribution in [3.63, 3.8) is 0 Å². The van der Waals surface area contributed by atoms with Crippen LogP contribution in [0.2, 0.25) is 5.02 Å². The van der Waals surface area contributed by atoms with Crippen LogP contribution in [0.25, 0.3) is 0 Å². The van der Waals surface area contributed by atoms with Gasteiger partial charge in [-0.1, -0.05) is 35.9 Å². The van der Waals surface area contributed by atoms with E-state index in [9.17, 15) is 13.2 Å². The molecule has 0 aliphatic carbocycles. The van der Waals surface area contributed by atoms with Crippen LogP contribution in [-0.4, -0.2) is 14.3 Å². The van der Waals surface area contributed by atoms with E-state index in [1.807, 2.05) is 13.0 Å². The summed E-state index contributed by atoms with van der Waals surface area (Å²) in [6, 6.07) is 18.1. The highest BCUT2D eigenvalue weighted by molar-refractivity contribution is 7.92. The van der Waals surface area contributed by atoms with E-state index in [1.165, 1.54) is 18.2 Å². The predicted molar refractivity (Wildman–Crippen MR) is 113 cm³/mol. The molecular formula is C21H19ClN2O3S. The maximum Gasteiger partial charge on any atom is 0.261 e. The Morgan fingerprint density at radius 3 is 2.39 bits per heavy atom. The van der Waals surface area contributed by atoms with Crippen molar-refractivity contribution in [1.29, 1.82) is 0 Å². The first kappa shape index (κ1) is 19.9. The summed E-state index contributed by atoms with van der Waals surface area (Å²) < 4.78 is 27.9. The van der Waals surface area contributed by atoms with Gasteiger partial charge in [0.1, 0.15) is 0 Å². The van der Waals surface area contributed by atoms with Gasteiger partial charge in [0.05, 0.1) is 4.90 Å². The summed E-state index contributed by atoms with van der Waals surface area (Å²) in [6.45, 7) is 3.67. The van der Waals surface area contributed by atoms with Crippen molar-refractivity contribution in [2.45, 2.75) is 18.7 Å². The molecule has 0 aliphatic rings. The van der Waals surface area contributed by atoms with Gasteiger partial charge in [0, 0.05) is 22.0 Å². The van der Waals surface area contributed by atoms with Gasteiger partial charge in [0.25, 0.3) is 15.9 Å². The molecule has 144 valence electrons. The number of sulfonamides is 1. The Hall–Kier alpha value is -2.83. The second-order valence-electron chi connectivity index (χ2n) is 6.37. The fraction of sp³-hybridized carbons (Fsp3) is 0.0952. The number of carbonyl (C=O) groups excluding carboxylic acids is 1. The second kappa shape index (κ2) is 8.04. The van der Waals surface area contributed by atoms with Gasteiger partial charge < -0.3 is 5.32 Å². The highest BCUT2D eigenvalue weighted by Gasteiger charge is 2.17. The molecule has 0 fully saturated rings. The standard InChI is InChI=1S/C21H19ClN2O3S/c1-14-6-3-8-17(12-14)24-28(26,27)18-9-4-7-16(13-18)21(25)23-20-11-5-10-19(22)15(20)2/h3-13,24H,1-2H3,(H,23,25). The molecule has 0 atom stereocenters. The third kappa shape index (κ3) is 4.52. The Kier molecular flexibility index (Phi) is 5.72. The average molecular weight is 415 g/mol. The minimum absolute atomic E-state index is 0.00414. The van der Waals surface area contributed by atoms with Crippen LogP contribution in [-0.2, 0) is 10.0 Å². The zero-order valence-corrected chi connectivity index (χ0v) is 16.9. The molecule has 7 heteroatoms. The molecule has 0 saturated carbocycles. The first-order valence-electron chi connectivity index (χ1n) is 8.52. The van der Waals surface area contributed by atoms with Crippen molar-refractivity contribution in [2.75, 3.05) is 10.0 Å².